The van der Waals surface area contributed by atoms with Gasteiger partial charge in [-0.05, 0) is 0 Å². The van der Waals surface area contributed by atoms with Crippen LogP contribution in [0.15, 0.2) is 18.7 Å². The Morgan fingerprint density at radius 3 is 2.86 bits per heavy atom. The van der Waals surface area contributed by atoms with Crippen molar-refractivity contribution in [3.63, 3.8) is 0 Å². The van der Waals surface area contributed by atoms with Gasteiger partial charge in [0, 0.05) is 6.08 Å². The van der Waals surface area contributed by atoms with Gasteiger partial charge in [-0.2, -0.15) is 4.67 Å². The van der Waals surface area contributed by atoms with Crippen molar-refractivity contribution >= 4 is 12.2 Å². The number of nitrogens with zero attached hydrogens (tertiary/aromatic N) is 1. The molecule has 0 aromatic carbocycles. The van der Waals surface area contributed by atoms with E-state index in [4.69, 9.17) is 5.73 Å². The minimum absolute atomic E-state index is 1.17. The van der Waals surface area contributed by atoms with E-state index in [1.807, 2.05) is 0 Å². The van der Waals surface area contributed by atoms with E-state index in [9.17, 15) is 0 Å². The summed E-state index contributed by atoms with van der Waals surface area (Å²) >= 11 is 0. The average molecular weight is 95.1 g/mol. The Hall–Kier alpha value is -1.23. The van der Waals surface area contributed by atoms with Crippen molar-refractivity contribution in [2.75, 3.05) is 0 Å². The fourth-order valence-electron chi connectivity index (χ4n) is 0.139. The Morgan fingerprint density at radius 2 is 2.43 bits per heavy atom. The quantitative estimate of drug-likeness (QED) is 0.202. The zero-order chi connectivity index (χ0) is 5.54. The smallest absolute Gasteiger partial charge is 0.279 e. The van der Waals surface area contributed by atoms with Gasteiger partial charge >= 0.3 is 6.34 Å². The molecule has 0 bridgehead atoms. The lowest BCUT2D eigenvalue weighted by molar-refractivity contribution is 1.66. The lowest BCUT2D eigenvalue weighted by Gasteiger charge is -1.45. The lowest BCUT2D eigenvalue weighted by Crippen LogP contribution is -1.90. The first kappa shape index (κ1) is 5.77. The number of hydrogen-bond donors (Lipinski definition) is 1. The van der Waals surface area contributed by atoms with Crippen molar-refractivity contribution in [1.82, 2.24) is 4.67 Å². The summed E-state index contributed by atoms with van der Waals surface area (Å²) in [7, 11) is 0. The van der Waals surface area contributed by atoms with Crippen LogP contribution in [-0.2, 0) is 0 Å². The van der Waals surface area contributed by atoms with Gasteiger partial charge in [-0.15, -0.1) is 0 Å². The molecule has 0 aliphatic carbocycles. The number of hydrogen-bond acceptors (Lipinski definition) is 0. The summed E-state index contributed by atoms with van der Waals surface area (Å²) in [5.41, 5.74) is 4.86. The topological polar surface area (TPSA) is 40.1 Å². The van der Waals surface area contributed by atoms with E-state index in [1.54, 1.807) is 12.2 Å². The standard InChI is InChI=1S/C5H6N2/c1-2-3-4-7-5-6/h2-3,5-6H,1H2/p+1. The molecule has 36 valence electrons. The Bertz CT molecular complexity index is 134. The van der Waals surface area contributed by atoms with Gasteiger partial charge in [-0.3, -0.25) is 5.73 Å². The van der Waals surface area contributed by atoms with Crippen LogP contribution in [0.25, 0.3) is 0 Å². The molecule has 0 aromatic rings. The molecule has 0 aliphatic rings. The summed E-state index contributed by atoms with van der Waals surface area (Å²) in [4.78, 5) is 0. The third-order valence-electron chi connectivity index (χ3n) is 0.341. The van der Waals surface area contributed by atoms with E-state index in [-0.39, 0.29) is 0 Å². The second kappa shape index (κ2) is 4.77. The minimum Gasteiger partial charge on any atom is -0.279 e. The second-order valence-corrected chi connectivity index (χ2v) is 0.810. The summed E-state index contributed by atoms with van der Waals surface area (Å²) in [6.07, 6.45) is 4.32. The van der Waals surface area contributed by atoms with Crippen molar-refractivity contribution in [3.05, 3.63) is 18.7 Å². The zero-order valence-electron chi connectivity index (χ0n) is 3.96. The lowest BCUT2D eigenvalue weighted by atomic mass is 10.6. The van der Waals surface area contributed by atoms with Gasteiger partial charge in [0.05, 0.1) is 0 Å². The molecule has 0 rings (SSSR count). The summed E-state index contributed by atoms with van der Waals surface area (Å²) < 4.78 is 3.44. The fourth-order valence-corrected chi connectivity index (χ4v) is 0.139. The molecule has 0 aromatic heterocycles. The van der Waals surface area contributed by atoms with Gasteiger partial charge in [0.2, 0.25) is 0 Å². The first-order valence-corrected chi connectivity index (χ1v) is 1.85. The molecule has 0 spiro atoms. The summed E-state index contributed by atoms with van der Waals surface area (Å²) in [6.45, 7) is 3.40. The van der Waals surface area contributed by atoms with Crippen molar-refractivity contribution < 1.29 is 0 Å². The van der Waals surface area contributed by atoms with Crippen molar-refractivity contribution in [3.8, 4) is 0 Å². The van der Waals surface area contributed by atoms with Crippen LogP contribution >= 0.6 is 0 Å². The average Bonchev–Trinajstić information content (AvgIpc) is 1.69. The van der Waals surface area contributed by atoms with E-state index >= 15 is 0 Å². The van der Waals surface area contributed by atoms with Crippen molar-refractivity contribution in [1.29, 1.82) is 0 Å². The Balaban J connectivity index is 3.88. The molecule has 2 nitrogen and oxygen atoms in total. The maximum Gasteiger partial charge on any atom is 0.340 e. The summed E-state index contributed by atoms with van der Waals surface area (Å²) in [5, 5.41) is 0. The van der Waals surface area contributed by atoms with E-state index in [0.717, 1.165) is 0 Å². The highest BCUT2D eigenvalue weighted by atomic mass is 14.7. The Morgan fingerprint density at radius 1 is 1.71 bits per heavy atom. The molecule has 0 radical (unpaired) electrons. The molecular formula is C5H7N2+. The van der Waals surface area contributed by atoms with Gasteiger partial charge in [0.25, 0.3) is 0 Å². The predicted octanol–water partition coefficient (Wildman–Crippen LogP) is -0.548. The number of rotatable bonds is 1. The zero-order valence-corrected chi connectivity index (χ0v) is 3.96. The highest BCUT2D eigenvalue weighted by molar-refractivity contribution is 5.61. The molecule has 0 fully saturated rings. The van der Waals surface area contributed by atoms with Crippen LogP contribution in [0.4, 0.5) is 0 Å². The normalized spacial score (nSPS) is 5.14. The molecule has 0 saturated heterocycles. The van der Waals surface area contributed by atoms with Crippen molar-refractivity contribution in [2.45, 2.75) is 0 Å². The second-order valence-electron chi connectivity index (χ2n) is 0.810. The number of allylic oxidation sites excluding steroid dienone is 2. The van der Waals surface area contributed by atoms with Crippen LogP contribution in [0.2, 0.25) is 0 Å². The maximum absolute atomic E-state index is 4.86. The highest BCUT2D eigenvalue weighted by Crippen LogP contribution is 1.51. The Labute approximate surface area is 42.4 Å². The third kappa shape index (κ3) is 4.77. The third-order valence-corrected chi connectivity index (χ3v) is 0.341. The van der Waals surface area contributed by atoms with E-state index < -0.39 is 0 Å². The predicted molar refractivity (Wildman–Crippen MR) is 32.2 cm³/mol. The molecule has 7 heavy (non-hydrogen) atoms. The summed E-state index contributed by atoms with van der Waals surface area (Å²) in [6, 6.07) is 0. The minimum atomic E-state index is 1.17. The Kier molecular flexibility index (Phi) is 3.93. The molecule has 0 aliphatic heterocycles. The van der Waals surface area contributed by atoms with Crippen molar-refractivity contribution in [2.24, 2.45) is 5.73 Å². The largest absolute Gasteiger partial charge is 0.340 e. The maximum atomic E-state index is 4.86. The van der Waals surface area contributed by atoms with E-state index in [2.05, 4.69) is 17.1 Å². The monoisotopic (exact) mass is 95.1 g/mol. The van der Waals surface area contributed by atoms with E-state index in [0.29, 0.717) is 0 Å². The molecule has 0 atom stereocenters. The van der Waals surface area contributed by atoms with Crippen LogP contribution in [0.1, 0.15) is 0 Å². The molecular weight excluding hydrogens is 88.1 g/mol. The van der Waals surface area contributed by atoms with E-state index in [1.165, 1.54) is 6.34 Å². The molecule has 2 heteroatoms. The fraction of sp³-hybridized carbons (Fsp3) is 0. The van der Waals surface area contributed by atoms with Crippen LogP contribution in [-0.4, -0.2) is 12.2 Å². The molecule has 0 amide bonds. The molecule has 0 unspecified atom stereocenters. The van der Waals surface area contributed by atoms with Crippen LogP contribution in [0.5, 0.6) is 0 Å². The van der Waals surface area contributed by atoms with Gasteiger partial charge in [0.1, 0.15) is 0 Å². The van der Waals surface area contributed by atoms with Crippen LogP contribution in [0, 0.1) is 0 Å². The van der Waals surface area contributed by atoms with Gasteiger partial charge in [-0.25, -0.2) is 0 Å². The SMILES string of the molecule is C=CC=C=[N+]=CN. The first-order valence-electron chi connectivity index (χ1n) is 1.85. The van der Waals surface area contributed by atoms with Gasteiger partial charge < -0.3 is 0 Å². The highest BCUT2D eigenvalue weighted by Gasteiger charge is 1.51. The molecule has 2 N–H and O–H groups in total. The van der Waals surface area contributed by atoms with Crippen LogP contribution < -0.4 is 10.4 Å². The molecule has 0 saturated carbocycles. The first-order chi connectivity index (χ1) is 3.41. The van der Waals surface area contributed by atoms with Gasteiger partial charge in [-0.1, -0.05) is 12.7 Å². The van der Waals surface area contributed by atoms with Gasteiger partial charge in [0.15, 0.2) is 5.87 Å². The number of nitrogens with two attached hydrogens (primary N) is 1. The van der Waals surface area contributed by atoms with Crippen LogP contribution in [0.3, 0.4) is 0 Å². The molecule has 0 heterocycles. The summed E-state index contributed by atoms with van der Waals surface area (Å²) in [5.74, 6) is 2.49.